The molecule has 9 nitrogen and oxygen atoms in total. The van der Waals surface area contributed by atoms with Crippen LogP contribution < -0.4 is 21.9 Å². The lowest BCUT2D eigenvalue weighted by Crippen LogP contribution is -2.37. The molecular weight excluding hydrogens is 554 g/mol. The van der Waals surface area contributed by atoms with E-state index < -0.39 is 0 Å². The van der Waals surface area contributed by atoms with Crippen molar-refractivity contribution in [1.29, 1.82) is 0 Å². The molecule has 0 saturated heterocycles. The fourth-order valence-corrected chi connectivity index (χ4v) is 6.50. The minimum atomic E-state index is -0.302. The Morgan fingerprint density at radius 1 is 1.26 bits per heavy atom. The summed E-state index contributed by atoms with van der Waals surface area (Å²) in [7, 11) is 0. The molecule has 0 aliphatic carbocycles. The van der Waals surface area contributed by atoms with E-state index in [1.165, 1.54) is 27.2 Å². The van der Waals surface area contributed by atoms with Gasteiger partial charge >= 0.3 is 0 Å². The number of nitrogens with zero attached hydrogens (tertiary/aromatic N) is 4. The van der Waals surface area contributed by atoms with Gasteiger partial charge in [-0.15, -0.1) is 22.7 Å². The number of pyridine rings is 1. The molecule has 5 aromatic rings. The van der Waals surface area contributed by atoms with Crippen LogP contribution in [0.4, 0.5) is 11.5 Å². The highest BCUT2D eigenvalue weighted by atomic mass is 35.5. The first-order chi connectivity index (χ1) is 18.9. The van der Waals surface area contributed by atoms with Gasteiger partial charge in [-0.25, -0.2) is 15.0 Å². The fraction of sp³-hybridized carbons (Fsp3) is 0.222. The number of anilines is 2. The maximum Gasteiger partial charge on any atom is 0.277 e. The molecule has 1 aromatic carbocycles. The van der Waals surface area contributed by atoms with Crippen LogP contribution in [0, 0.1) is 0 Å². The molecule has 1 aliphatic heterocycles. The topological polar surface area (TPSA) is 128 Å². The second-order valence-corrected chi connectivity index (χ2v) is 11.8. The van der Waals surface area contributed by atoms with E-state index in [1.807, 2.05) is 41.8 Å². The third-order valence-electron chi connectivity index (χ3n) is 6.74. The van der Waals surface area contributed by atoms with Gasteiger partial charge in [0.25, 0.3) is 5.56 Å². The van der Waals surface area contributed by atoms with Gasteiger partial charge < -0.3 is 16.4 Å². The number of thiazole rings is 1. The number of thiophene rings is 1. The summed E-state index contributed by atoms with van der Waals surface area (Å²) < 4.78 is 2.41. The molecule has 0 unspecified atom stereocenters. The normalized spacial score (nSPS) is 16.6. The van der Waals surface area contributed by atoms with E-state index in [0.29, 0.717) is 40.3 Å². The first kappa shape index (κ1) is 25.5. The van der Waals surface area contributed by atoms with Crippen LogP contribution in [0.5, 0.6) is 0 Å². The number of nitrogens with one attached hydrogen (secondary N) is 2. The second kappa shape index (κ2) is 10.4. The Balaban J connectivity index is 1.29. The third kappa shape index (κ3) is 5.12. The SMILES string of the molecule is C[C@H]1C[C@@H](c2ccc(Cl)cc2)Nc2c1nc(-c1cscn1)n(CC(=O)NCc1cc3cnc(N)cc3s1)c2=O. The standard InChI is InChI=1S/C27H24ClN7O2S2/c1-14-6-19(15-2-4-17(28)5-3-15)33-25-24(14)34-26(20-12-38-13-32-20)35(27(25)37)11-23(36)31-10-18-7-16-9-30-22(29)8-21(16)39-18/h2-5,7-9,12-14,19,33H,6,10-11H2,1H3,(H2,29,30)(H,31,36)/t14-,19-/m0/s1. The summed E-state index contributed by atoms with van der Waals surface area (Å²) in [5.74, 6) is 0.558. The molecule has 1 aliphatic rings. The van der Waals surface area contributed by atoms with Crippen LogP contribution in [0.3, 0.4) is 0 Å². The average molecular weight is 578 g/mol. The Morgan fingerprint density at radius 3 is 2.85 bits per heavy atom. The predicted molar refractivity (Wildman–Crippen MR) is 156 cm³/mol. The zero-order chi connectivity index (χ0) is 27.1. The first-order valence-corrected chi connectivity index (χ1v) is 14.5. The summed E-state index contributed by atoms with van der Waals surface area (Å²) in [6.07, 6.45) is 2.48. The van der Waals surface area contributed by atoms with Crippen LogP contribution in [0.2, 0.25) is 5.02 Å². The summed E-state index contributed by atoms with van der Waals surface area (Å²) in [6.45, 7) is 2.20. The number of amides is 1. The van der Waals surface area contributed by atoms with Crippen molar-refractivity contribution < 1.29 is 4.79 Å². The van der Waals surface area contributed by atoms with Gasteiger partial charge in [0, 0.05) is 37.5 Å². The van der Waals surface area contributed by atoms with Gasteiger partial charge in [-0.05, 0) is 36.2 Å². The highest BCUT2D eigenvalue weighted by molar-refractivity contribution is 7.19. The van der Waals surface area contributed by atoms with Crippen molar-refractivity contribution in [2.75, 3.05) is 11.1 Å². The lowest BCUT2D eigenvalue weighted by molar-refractivity contribution is -0.121. The van der Waals surface area contributed by atoms with Gasteiger partial charge in [-0.1, -0.05) is 30.7 Å². The van der Waals surface area contributed by atoms with E-state index in [4.69, 9.17) is 22.3 Å². The first-order valence-electron chi connectivity index (χ1n) is 12.3. The van der Waals surface area contributed by atoms with E-state index in [0.717, 1.165) is 26.9 Å². The maximum atomic E-state index is 13.9. The average Bonchev–Trinajstić information content (AvgIpc) is 3.59. The summed E-state index contributed by atoms with van der Waals surface area (Å²) >= 11 is 9.03. The monoisotopic (exact) mass is 577 g/mol. The van der Waals surface area contributed by atoms with Gasteiger partial charge in [0.05, 0.1) is 23.8 Å². The van der Waals surface area contributed by atoms with Crippen LogP contribution >= 0.6 is 34.3 Å². The van der Waals surface area contributed by atoms with Crippen molar-refractivity contribution in [3.8, 4) is 11.5 Å². The van der Waals surface area contributed by atoms with Gasteiger partial charge in [-0.3, -0.25) is 14.2 Å². The lowest BCUT2D eigenvalue weighted by Gasteiger charge is -2.31. The van der Waals surface area contributed by atoms with Crippen molar-refractivity contribution in [3.05, 3.63) is 85.0 Å². The highest BCUT2D eigenvalue weighted by Crippen LogP contribution is 2.38. The Bertz CT molecular complexity index is 1730. The minimum Gasteiger partial charge on any atom is -0.384 e. The number of nitrogens with two attached hydrogens (primary N) is 1. The van der Waals surface area contributed by atoms with E-state index in [-0.39, 0.29) is 30.0 Å². The van der Waals surface area contributed by atoms with Crippen molar-refractivity contribution in [2.24, 2.45) is 0 Å². The molecule has 4 N–H and O–H groups in total. The van der Waals surface area contributed by atoms with Crippen molar-refractivity contribution in [3.63, 3.8) is 0 Å². The molecule has 198 valence electrons. The quantitative estimate of drug-likeness (QED) is 0.253. The molecule has 0 saturated carbocycles. The van der Waals surface area contributed by atoms with E-state index in [2.05, 4.69) is 27.5 Å². The fourth-order valence-electron chi connectivity index (χ4n) is 4.82. The Hall–Kier alpha value is -3.80. The number of hydrogen-bond acceptors (Lipinski definition) is 9. The van der Waals surface area contributed by atoms with Gasteiger partial charge in [0.15, 0.2) is 5.82 Å². The number of hydrogen-bond donors (Lipinski definition) is 3. The number of carbonyl (C=O) groups is 1. The number of halogens is 1. The van der Waals surface area contributed by atoms with Crippen LogP contribution in [0.25, 0.3) is 21.6 Å². The van der Waals surface area contributed by atoms with E-state index >= 15 is 0 Å². The molecular formula is C27H24ClN7O2S2. The zero-order valence-corrected chi connectivity index (χ0v) is 23.2. The number of carbonyl (C=O) groups excluding carboxylic acids is 1. The summed E-state index contributed by atoms with van der Waals surface area (Å²) in [5, 5.41) is 9.78. The van der Waals surface area contributed by atoms with Crippen LogP contribution in [0.1, 0.15) is 41.4 Å². The zero-order valence-electron chi connectivity index (χ0n) is 20.8. The smallest absolute Gasteiger partial charge is 0.277 e. The number of benzene rings is 1. The summed E-state index contributed by atoms with van der Waals surface area (Å²) in [5.41, 5.74) is 9.87. The molecule has 12 heteroatoms. The number of rotatable bonds is 6. The van der Waals surface area contributed by atoms with Crippen LogP contribution in [-0.2, 0) is 17.9 Å². The molecule has 1 amide bonds. The van der Waals surface area contributed by atoms with Crippen molar-refractivity contribution >= 4 is 61.8 Å². The highest BCUT2D eigenvalue weighted by Gasteiger charge is 2.31. The largest absolute Gasteiger partial charge is 0.384 e. The Kier molecular flexibility index (Phi) is 6.79. The van der Waals surface area contributed by atoms with Crippen LogP contribution in [-0.4, -0.2) is 25.4 Å². The molecule has 6 rings (SSSR count). The predicted octanol–water partition coefficient (Wildman–Crippen LogP) is 5.19. The van der Waals surface area contributed by atoms with Crippen LogP contribution in [0.15, 0.2) is 58.3 Å². The molecule has 2 atom stereocenters. The minimum absolute atomic E-state index is 0.0203. The van der Waals surface area contributed by atoms with Gasteiger partial charge in [0.1, 0.15) is 23.7 Å². The van der Waals surface area contributed by atoms with Crippen molar-refractivity contribution in [1.82, 2.24) is 24.8 Å². The maximum absolute atomic E-state index is 13.9. The number of fused-ring (bicyclic) bond motifs is 2. The molecule has 4 aromatic heterocycles. The molecule has 0 radical (unpaired) electrons. The molecule has 39 heavy (non-hydrogen) atoms. The van der Waals surface area contributed by atoms with E-state index in [9.17, 15) is 9.59 Å². The summed E-state index contributed by atoms with van der Waals surface area (Å²) in [6, 6.07) is 11.3. The molecule has 5 heterocycles. The Morgan fingerprint density at radius 2 is 2.08 bits per heavy atom. The van der Waals surface area contributed by atoms with Gasteiger partial charge in [0.2, 0.25) is 5.91 Å². The summed E-state index contributed by atoms with van der Waals surface area (Å²) in [4.78, 5) is 41.3. The third-order valence-corrected chi connectivity index (χ3v) is 8.68. The van der Waals surface area contributed by atoms with Gasteiger partial charge in [-0.2, -0.15) is 0 Å². The molecule has 0 fully saturated rings. The van der Waals surface area contributed by atoms with E-state index in [1.54, 1.807) is 11.7 Å². The Labute approximate surface area is 236 Å². The molecule has 0 bridgehead atoms. The second-order valence-electron chi connectivity index (χ2n) is 9.48. The lowest BCUT2D eigenvalue weighted by atomic mass is 9.89. The molecule has 0 spiro atoms. The number of nitrogen functional groups attached to an aromatic ring is 1. The number of aromatic nitrogens is 4. The van der Waals surface area contributed by atoms with Crippen molar-refractivity contribution in [2.45, 2.75) is 38.4 Å².